The lowest BCUT2D eigenvalue weighted by Gasteiger charge is -2.06. The number of fused-ring (bicyclic) bond motifs is 1. The molecule has 0 aliphatic carbocycles. The third-order valence-corrected chi connectivity index (χ3v) is 5.12. The van der Waals surface area contributed by atoms with E-state index in [1.165, 1.54) is 0 Å². The van der Waals surface area contributed by atoms with Crippen molar-refractivity contribution in [3.8, 4) is 21.8 Å². The molecule has 1 aromatic carbocycles. The van der Waals surface area contributed by atoms with Gasteiger partial charge in [0.1, 0.15) is 11.5 Å². The molecule has 5 rings (SSSR count). The molecule has 126 valence electrons. The quantitative estimate of drug-likeness (QED) is 0.438. The van der Waals surface area contributed by atoms with E-state index < -0.39 is 0 Å². The predicted molar refractivity (Wildman–Crippen MR) is 103 cm³/mol. The summed E-state index contributed by atoms with van der Waals surface area (Å²) in [5.41, 5.74) is 4.77. The Kier molecular flexibility index (Phi) is 3.65. The molecule has 0 atom stereocenters. The third-order valence-electron chi connectivity index (χ3n) is 4.25. The molecule has 0 saturated heterocycles. The molecule has 0 fully saturated rings. The van der Waals surface area contributed by atoms with Gasteiger partial charge in [0.2, 0.25) is 0 Å². The Morgan fingerprint density at radius 3 is 2.62 bits per heavy atom. The van der Waals surface area contributed by atoms with Gasteiger partial charge in [-0.25, -0.2) is 9.97 Å². The minimum absolute atomic E-state index is 0.666. The van der Waals surface area contributed by atoms with Crippen LogP contribution in [0.1, 0.15) is 11.5 Å². The summed E-state index contributed by atoms with van der Waals surface area (Å²) in [6, 6.07) is 18.2. The first kappa shape index (κ1) is 15.1. The molecule has 0 aliphatic heterocycles. The van der Waals surface area contributed by atoms with Gasteiger partial charge in [-0.05, 0) is 23.6 Å². The zero-order valence-corrected chi connectivity index (χ0v) is 14.7. The van der Waals surface area contributed by atoms with Crippen molar-refractivity contribution in [3.63, 3.8) is 0 Å². The first-order valence-electron chi connectivity index (χ1n) is 8.37. The topological polar surface area (TPSA) is 43.3 Å². The lowest BCUT2D eigenvalue weighted by molar-refractivity contribution is 0.519. The van der Waals surface area contributed by atoms with Crippen LogP contribution in [0.3, 0.4) is 0 Å². The minimum Gasteiger partial charge on any atom is -0.469 e. The van der Waals surface area contributed by atoms with Crippen molar-refractivity contribution in [1.29, 1.82) is 0 Å². The van der Waals surface area contributed by atoms with E-state index in [1.54, 1.807) is 17.6 Å². The van der Waals surface area contributed by atoms with E-state index in [2.05, 4.69) is 34.2 Å². The van der Waals surface area contributed by atoms with E-state index in [0.29, 0.717) is 6.42 Å². The largest absolute Gasteiger partial charge is 0.469 e. The highest BCUT2D eigenvalue weighted by Gasteiger charge is 2.14. The maximum absolute atomic E-state index is 5.47. The van der Waals surface area contributed by atoms with Gasteiger partial charge in [-0.2, -0.15) is 0 Å². The summed E-state index contributed by atoms with van der Waals surface area (Å²) in [4.78, 5) is 10.9. The minimum atomic E-state index is 0.666. The van der Waals surface area contributed by atoms with E-state index >= 15 is 0 Å². The normalized spacial score (nSPS) is 11.2. The first-order chi connectivity index (χ1) is 12.9. The monoisotopic (exact) mass is 357 g/mol. The number of hydrogen-bond acceptors (Lipinski definition) is 4. The molecular weight excluding hydrogens is 342 g/mol. The van der Waals surface area contributed by atoms with Crippen molar-refractivity contribution in [2.75, 3.05) is 0 Å². The van der Waals surface area contributed by atoms with Gasteiger partial charge in [0, 0.05) is 24.4 Å². The summed E-state index contributed by atoms with van der Waals surface area (Å²) in [5.74, 6) is 0.905. The lowest BCUT2D eigenvalue weighted by Crippen LogP contribution is -1.94. The average molecular weight is 357 g/mol. The van der Waals surface area contributed by atoms with Gasteiger partial charge in [0.05, 0.1) is 22.5 Å². The number of nitrogens with zero attached hydrogens (tertiary/aromatic N) is 3. The van der Waals surface area contributed by atoms with Crippen molar-refractivity contribution in [2.24, 2.45) is 0 Å². The van der Waals surface area contributed by atoms with E-state index in [9.17, 15) is 0 Å². The van der Waals surface area contributed by atoms with Crippen LogP contribution in [0.4, 0.5) is 0 Å². The van der Waals surface area contributed by atoms with Crippen molar-refractivity contribution in [2.45, 2.75) is 6.42 Å². The van der Waals surface area contributed by atoms with Crippen LogP contribution in [0.2, 0.25) is 0 Å². The summed E-state index contributed by atoms with van der Waals surface area (Å²) >= 11 is 1.68. The first-order valence-corrected chi connectivity index (χ1v) is 9.25. The number of rotatable bonds is 4. The van der Waals surface area contributed by atoms with Gasteiger partial charge in [0.25, 0.3) is 0 Å². The number of thiophene rings is 1. The highest BCUT2D eigenvalue weighted by atomic mass is 32.1. The summed E-state index contributed by atoms with van der Waals surface area (Å²) in [6.07, 6.45) is 6.46. The second-order valence-corrected chi connectivity index (χ2v) is 6.99. The summed E-state index contributed by atoms with van der Waals surface area (Å²) in [6.45, 7) is 0. The number of benzene rings is 1. The predicted octanol–water partition coefficient (Wildman–Crippen LogP) is 5.31. The maximum Gasteiger partial charge on any atom is 0.164 e. The Bertz CT molecular complexity index is 1140. The maximum atomic E-state index is 5.47. The van der Waals surface area contributed by atoms with Gasteiger partial charge < -0.3 is 8.82 Å². The van der Waals surface area contributed by atoms with Crippen molar-refractivity contribution in [1.82, 2.24) is 14.4 Å². The molecule has 0 saturated carbocycles. The Hall–Kier alpha value is -3.18. The molecule has 26 heavy (non-hydrogen) atoms. The molecule has 0 spiro atoms. The Morgan fingerprint density at radius 1 is 0.923 bits per heavy atom. The smallest absolute Gasteiger partial charge is 0.164 e. The van der Waals surface area contributed by atoms with E-state index in [4.69, 9.17) is 14.4 Å². The van der Waals surface area contributed by atoms with E-state index in [0.717, 1.165) is 38.9 Å². The molecule has 0 unspecified atom stereocenters. The summed E-state index contributed by atoms with van der Waals surface area (Å²) in [7, 11) is 0. The summed E-state index contributed by atoms with van der Waals surface area (Å²) in [5, 5.41) is 2.06. The summed E-state index contributed by atoms with van der Waals surface area (Å²) < 4.78 is 7.54. The number of hydrogen-bond donors (Lipinski definition) is 0. The van der Waals surface area contributed by atoms with Crippen molar-refractivity contribution >= 4 is 17.0 Å². The van der Waals surface area contributed by atoms with E-state index in [1.807, 2.05) is 42.6 Å². The van der Waals surface area contributed by atoms with Gasteiger partial charge >= 0.3 is 0 Å². The van der Waals surface area contributed by atoms with Crippen LogP contribution in [0.5, 0.6) is 0 Å². The molecule has 4 heterocycles. The van der Waals surface area contributed by atoms with Gasteiger partial charge in [0.15, 0.2) is 5.65 Å². The highest BCUT2D eigenvalue weighted by molar-refractivity contribution is 7.13. The number of furan rings is 1. The molecule has 0 N–H and O–H groups in total. The molecule has 4 nitrogen and oxygen atoms in total. The molecule has 0 aliphatic rings. The van der Waals surface area contributed by atoms with E-state index in [-0.39, 0.29) is 0 Å². The van der Waals surface area contributed by atoms with Gasteiger partial charge in [-0.1, -0.05) is 36.4 Å². The van der Waals surface area contributed by atoms with Gasteiger partial charge in [-0.15, -0.1) is 11.3 Å². The second-order valence-electron chi connectivity index (χ2n) is 6.04. The number of aromatic nitrogens is 3. The lowest BCUT2D eigenvalue weighted by atomic mass is 10.1. The molecule has 5 aromatic rings. The molecule has 5 heteroatoms. The number of imidazole rings is 1. The fraction of sp³-hybridized carbons (Fsp3) is 0.0476. The molecule has 0 amide bonds. The Morgan fingerprint density at radius 2 is 1.85 bits per heavy atom. The van der Waals surface area contributed by atoms with Crippen LogP contribution in [0.15, 0.2) is 83.1 Å². The van der Waals surface area contributed by atoms with Crippen LogP contribution in [0.25, 0.3) is 27.5 Å². The zero-order valence-electron chi connectivity index (χ0n) is 13.9. The van der Waals surface area contributed by atoms with Crippen LogP contribution in [0, 0.1) is 0 Å². The van der Waals surface area contributed by atoms with Crippen molar-refractivity contribution < 1.29 is 4.42 Å². The average Bonchev–Trinajstić information content (AvgIpc) is 3.43. The third kappa shape index (κ3) is 2.72. The fourth-order valence-corrected chi connectivity index (χ4v) is 3.76. The van der Waals surface area contributed by atoms with Crippen LogP contribution in [-0.4, -0.2) is 14.4 Å². The SMILES string of the molecule is c1ccc(-c2cn3cc(Cc4ccco4)nc3c(-c3cccs3)n2)cc1. The zero-order chi connectivity index (χ0) is 17.3. The molecule has 0 bridgehead atoms. The van der Waals surface area contributed by atoms with Crippen LogP contribution >= 0.6 is 11.3 Å². The Balaban J connectivity index is 1.69. The second kappa shape index (κ2) is 6.28. The van der Waals surface area contributed by atoms with Gasteiger partial charge in [-0.3, -0.25) is 0 Å². The Labute approximate surface area is 154 Å². The van der Waals surface area contributed by atoms with Crippen LogP contribution < -0.4 is 0 Å². The fourth-order valence-electron chi connectivity index (χ4n) is 3.05. The molecule has 0 radical (unpaired) electrons. The molecular formula is C21H15N3OS. The van der Waals surface area contributed by atoms with Crippen molar-refractivity contribution in [3.05, 3.63) is 90.1 Å². The molecule has 4 aromatic heterocycles. The van der Waals surface area contributed by atoms with Crippen LogP contribution in [-0.2, 0) is 6.42 Å². The standard InChI is InChI=1S/C21H15N3OS/c1-2-6-15(7-3-1)18-14-24-13-16(12-17-8-4-10-25-17)22-21(24)20(23-18)19-9-5-11-26-19/h1-11,13-14H,12H2. The highest BCUT2D eigenvalue weighted by Crippen LogP contribution is 2.30.